The first-order chi connectivity index (χ1) is 16.7. The second kappa shape index (κ2) is 9.93. The molecular formula is C27H28N2O5S. The average Bonchev–Trinajstić information content (AvgIpc) is 2.85. The van der Waals surface area contributed by atoms with Gasteiger partial charge in [0.15, 0.2) is 0 Å². The first-order valence-electron chi connectivity index (χ1n) is 11.1. The highest BCUT2D eigenvalue weighted by Gasteiger charge is 2.26. The highest BCUT2D eigenvalue weighted by molar-refractivity contribution is 7.89. The number of aryl methyl sites for hydroxylation is 2. The number of pyridine rings is 1. The molecule has 4 aromatic rings. The molecule has 4 rings (SSSR count). The molecule has 0 aliphatic rings. The Hall–Kier alpha value is -3.62. The van der Waals surface area contributed by atoms with Crippen LogP contribution in [0.2, 0.25) is 0 Å². The molecule has 0 bridgehead atoms. The third kappa shape index (κ3) is 5.23. The number of aromatic amines is 1. The largest absolute Gasteiger partial charge is 0.497 e. The van der Waals surface area contributed by atoms with Crippen molar-refractivity contribution in [3.05, 3.63) is 99.3 Å². The molecule has 7 nitrogen and oxygen atoms in total. The van der Waals surface area contributed by atoms with Crippen molar-refractivity contribution in [2.24, 2.45) is 0 Å². The Bertz CT molecular complexity index is 1510. The second-order valence-corrected chi connectivity index (χ2v) is 10.4. The Balaban J connectivity index is 1.76. The number of aromatic nitrogens is 1. The van der Waals surface area contributed by atoms with Crippen LogP contribution in [0.1, 0.15) is 22.3 Å². The molecule has 0 aliphatic heterocycles. The van der Waals surface area contributed by atoms with Gasteiger partial charge in [0.25, 0.3) is 5.56 Å². The topological polar surface area (TPSA) is 88.7 Å². The molecule has 35 heavy (non-hydrogen) atoms. The summed E-state index contributed by atoms with van der Waals surface area (Å²) in [7, 11) is -0.833. The number of nitrogens with zero attached hydrogens (tertiary/aromatic N) is 1. The van der Waals surface area contributed by atoms with Crippen molar-refractivity contribution >= 4 is 20.9 Å². The fraction of sp³-hybridized carbons (Fsp3) is 0.222. The van der Waals surface area contributed by atoms with Crippen LogP contribution in [0.15, 0.2) is 76.4 Å². The second-order valence-electron chi connectivity index (χ2n) is 8.44. The van der Waals surface area contributed by atoms with Crippen molar-refractivity contribution in [3.8, 4) is 11.5 Å². The van der Waals surface area contributed by atoms with Crippen molar-refractivity contribution < 1.29 is 17.9 Å². The maximum atomic E-state index is 13.7. The molecule has 8 heteroatoms. The average molecular weight is 493 g/mol. The van der Waals surface area contributed by atoms with Gasteiger partial charge in [0.05, 0.1) is 19.1 Å². The summed E-state index contributed by atoms with van der Waals surface area (Å²) in [6, 6.07) is 19.1. The van der Waals surface area contributed by atoms with Crippen LogP contribution < -0.4 is 15.0 Å². The highest BCUT2D eigenvalue weighted by Crippen LogP contribution is 2.25. The Kier molecular flexibility index (Phi) is 6.95. The van der Waals surface area contributed by atoms with E-state index in [1.165, 1.54) is 23.5 Å². The third-order valence-corrected chi connectivity index (χ3v) is 7.90. The molecule has 1 heterocycles. The lowest BCUT2D eigenvalue weighted by molar-refractivity contribution is 0.397. The third-order valence-electron chi connectivity index (χ3n) is 6.10. The minimum atomic E-state index is -3.93. The summed E-state index contributed by atoms with van der Waals surface area (Å²) in [5.74, 6) is 1.23. The number of methoxy groups -OCH3 is 2. The molecule has 0 saturated carbocycles. The maximum Gasteiger partial charge on any atom is 0.252 e. The molecular weight excluding hydrogens is 464 g/mol. The highest BCUT2D eigenvalue weighted by atomic mass is 32.2. The summed E-state index contributed by atoms with van der Waals surface area (Å²) in [4.78, 5) is 16.0. The fourth-order valence-corrected chi connectivity index (χ4v) is 5.29. The minimum Gasteiger partial charge on any atom is -0.497 e. The van der Waals surface area contributed by atoms with Gasteiger partial charge in [0.2, 0.25) is 10.0 Å². The van der Waals surface area contributed by atoms with Crippen LogP contribution in [0.3, 0.4) is 0 Å². The van der Waals surface area contributed by atoms with E-state index in [-0.39, 0.29) is 23.5 Å². The van der Waals surface area contributed by atoms with E-state index in [0.29, 0.717) is 17.1 Å². The monoisotopic (exact) mass is 492 g/mol. The normalized spacial score (nSPS) is 11.7. The number of H-pyrrole nitrogens is 1. The molecule has 0 saturated heterocycles. The van der Waals surface area contributed by atoms with E-state index in [9.17, 15) is 13.2 Å². The maximum absolute atomic E-state index is 13.7. The number of nitrogens with one attached hydrogen (secondary N) is 1. The molecule has 0 aliphatic carbocycles. The van der Waals surface area contributed by atoms with Crippen molar-refractivity contribution in [3.63, 3.8) is 0 Å². The van der Waals surface area contributed by atoms with Crippen molar-refractivity contribution in [2.75, 3.05) is 14.2 Å². The van der Waals surface area contributed by atoms with Gasteiger partial charge in [-0.2, -0.15) is 4.31 Å². The van der Waals surface area contributed by atoms with Crippen LogP contribution >= 0.6 is 0 Å². The van der Waals surface area contributed by atoms with Gasteiger partial charge in [0, 0.05) is 24.2 Å². The van der Waals surface area contributed by atoms with E-state index in [1.54, 1.807) is 37.4 Å². The summed E-state index contributed by atoms with van der Waals surface area (Å²) in [5, 5.41) is 0.856. The Labute approximate surface area is 205 Å². The lowest BCUT2D eigenvalue weighted by Crippen LogP contribution is -2.32. The number of hydrogen-bond acceptors (Lipinski definition) is 5. The molecule has 1 N–H and O–H groups in total. The lowest BCUT2D eigenvalue weighted by atomic mass is 10.0. The quantitative estimate of drug-likeness (QED) is 0.390. The molecule has 1 aromatic heterocycles. The molecule has 0 unspecified atom stereocenters. The van der Waals surface area contributed by atoms with Crippen molar-refractivity contribution in [1.29, 1.82) is 0 Å². The van der Waals surface area contributed by atoms with Crippen molar-refractivity contribution in [1.82, 2.24) is 9.29 Å². The van der Waals surface area contributed by atoms with Gasteiger partial charge in [0.1, 0.15) is 11.5 Å². The Morgan fingerprint density at radius 3 is 1.97 bits per heavy atom. The molecule has 0 amide bonds. The van der Waals surface area contributed by atoms with Crippen LogP contribution in [0.5, 0.6) is 11.5 Å². The van der Waals surface area contributed by atoms with Crippen LogP contribution in [-0.4, -0.2) is 31.9 Å². The summed E-state index contributed by atoms with van der Waals surface area (Å²) in [5.41, 5.74) is 3.71. The lowest BCUT2D eigenvalue weighted by Gasteiger charge is -2.23. The summed E-state index contributed by atoms with van der Waals surface area (Å²) in [6.45, 7) is 3.99. The first kappa shape index (κ1) is 24.5. The standard InChI is InChI=1S/C27H28N2O5S/c1-18-13-21-15-22(27(30)28-26(21)14-19(18)2)17-29(16-20-5-7-23(33-3)8-6-20)35(31,32)25-11-9-24(34-4)10-12-25/h5-15H,16-17H2,1-4H3,(H,28,30). The number of fused-ring (bicyclic) bond motifs is 1. The van der Waals surface area contributed by atoms with Gasteiger partial charge in [-0.1, -0.05) is 12.1 Å². The van der Waals surface area contributed by atoms with Gasteiger partial charge in [-0.15, -0.1) is 0 Å². The van der Waals surface area contributed by atoms with Crippen LogP contribution in [0.4, 0.5) is 0 Å². The number of hydrogen-bond donors (Lipinski definition) is 1. The number of sulfonamides is 1. The van der Waals surface area contributed by atoms with Crippen LogP contribution in [0.25, 0.3) is 10.9 Å². The molecule has 0 spiro atoms. The number of rotatable bonds is 8. The predicted molar refractivity (Wildman–Crippen MR) is 136 cm³/mol. The van der Waals surface area contributed by atoms with E-state index in [4.69, 9.17) is 9.47 Å². The predicted octanol–water partition coefficient (Wildman–Crippen LogP) is 4.55. The molecule has 182 valence electrons. The number of benzene rings is 3. The zero-order valence-corrected chi connectivity index (χ0v) is 21.0. The Morgan fingerprint density at radius 2 is 1.37 bits per heavy atom. The van der Waals surface area contributed by atoms with Crippen LogP contribution in [-0.2, 0) is 23.1 Å². The summed E-state index contributed by atoms with van der Waals surface area (Å²) >= 11 is 0. The molecule has 0 atom stereocenters. The minimum absolute atomic E-state index is 0.0847. The van der Waals surface area contributed by atoms with Gasteiger partial charge in [-0.3, -0.25) is 4.79 Å². The van der Waals surface area contributed by atoms with E-state index >= 15 is 0 Å². The Morgan fingerprint density at radius 1 is 0.800 bits per heavy atom. The number of ether oxygens (including phenoxy) is 2. The van der Waals surface area contributed by atoms with Gasteiger partial charge >= 0.3 is 0 Å². The van der Waals surface area contributed by atoms with E-state index in [0.717, 1.165) is 27.6 Å². The van der Waals surface area contributed by atoms with Gasteiger partial charge < -0.3 is 14.5 Å². The summed E-state index contributed by atoms with van der Waals surface area (Å²) < 4.78 is 39.1. The molecule has 0 fully saturated rings. The zero-order valence-electron chi connectivity index (χ0n) is 20.2. The molecule has 3 aromatic carbocycles. The zero-order chi connectivity index (χ0) is 25.2. The van der Waals surface area contributed by atoms with Gasteiger partial charge in [-0.05, 0) is 90.5 Å². The van der Waals surface area contributed by atoms with Crippen LogP contribution in [0, 0.1) is 13.8 Å². The fourth-order valence-electron chi connectivity index (χ4n) is 3.89. The molecule has 0 radical (unpaired) electrons. The first-order valence-corrected chi connectivity index (χ1v) is 12.6. The van der Waals surface area contributed by atoms with E-state index < -0.39 is 10.0 Å². The van der Waals surface area contributed by atoms with Gasteiger partial charge in [-0.25, -0.2) is 8.42 Å². The SMILES string of the molecule is COc1ccc(CN(Cc2cc3cc(C)c(C)cc3[nH]c2=O)S(=O)(=O)c2ccc(OC)cc2)cc1. The van der Waals surface area contributed by atoms with Crippen molar-refractivity contribution in [2.45, 2.75) is 31.8 Å². The summed E-state index contributed by atoms with van der Waals surface area (Å²) in [6.07, 6.45) is 0. The van der Waals surface area contributed by atoms with E-state index in [1.807, 2.05) is 38.1 Å². The van der Waals surface area contributed by atoms with E-state index in [2.05, 4.69) is 4.98 Å². The smallest absolute Gasteiger partial charge is 0.252 e.